The molecule has 0 N–H and O–H groups in total. The summed E-state index contributed by atoms with van der Waals surface area (Å²) < 4.78 is 0. The van der Waals surface area contributed by atoms with Gasteiger partial charge in [-0.2, -0.15) is 0 Å². The summed E-state index contributed by atoms with van der Waals surface area (Å²) in [6.45, 7) is 5.97. The summed E-state index contributed by atoms with van der Waals surface area (Å²) in [6.07, 6.45) is 2.97. The van der Waals surface area contributed by atoms with Crippen molar-refractivity contribution in [2.24, 2.45) is 0 Å². The van der Waals surface area contributed by atoms with Gasteiger partial charge in [0.2, 0.25) is 0 Å². The lowest BCUT2D eigenvalue weighted by atomic mass is 10.0. The second-order valence-corrected chi connectivity index (χ2v) is 4.46. The van der Waals surface area contributed by atoms with Crippen LogP contribution in [0.25, 0.3) is 17.2 Å². The summed E-state index contributed by atoms with van der Waals surface area (Å²) in [6, 6.07) is 13.3. The smallest absolute Gasteiger partial charge is 0.00131 e. The van der Waals surface area contributed by atoms with Crippen molar-refractivity contribution >= 4 is 6.08 Å². The minimum atomic E-state index is 1.06. The first-order valence-electron chi connectivity index (χ1n) is 5.63. The number of rotatable bonds is 1. The van der Waals surface area contributed by atoms with Crippen LogP contribution in [0.1, 0.15) is 22.3 Å². The summed E-state index contributed by atoms with van der Waals surface area (Å²) in [5.74, 6) is 0. The zero-order chi connectivity index (χ0) is 11.1. The minimum Gasteiger partial charge on any atom is -0.0985 e. The molecule has 0 saturated heterocycles. The molecule has 0 atom stereocenters. The van der Waals surface area contributed by atoms with E-state index in [0.717, 1.165) is 6.42 Å². The van der Waals surface area contributed by atoms with E-state index in [1.54, 1.807) is 0 Å². The maximum absolute atomic E-state index is 3.82. The van der Waals surface area contributed by atoms with Gasteiger partial charge < -0.3 is 0 Å². The number of hydrogen-bond donors (Lipinski definition) is 0. The quantitative estimate of drug-likeness (QED) is 0.559. The first-order valence-corrected chi connectivity index (χ1v) is 5.63. The molecule has 0 bridgehead atoms. The molecule has 78 valence electrons. The molecule has 0 amide bonds. The normalized spacial score (nSPS) is 12.1. The zero-order valence-corrected chi connectivity index (χ0v) is 9.46. The van der Waals surface area contributed by atoms with Crippen LogP contribution in [0.2, 0.25) is 0 Å². The van der Waals surface area contributed by atoms with E-state index in [-0.39, 0.29) is 0 Å². The third-order valence-electron chi connectivity index (χ3n) is 3.30. The molecule has 3 rings (SSSR count). The standard InChI is InChI=1S/C16H14/c1-3-12-5-7-16-14(9-12)10-13-8-11(2)4-6-15(13)16/h3-9H,1,10H2,2H3. The molecule has 1 aliphatic carbocycles. The van der Waals surface area contributed by atoms with Gasteiger partial charge in [-0.1, -0.05) is 54.6 Å². The van der Waals surface area contributed by atoms with Crippen LogP contribution >= 0.6 is 0 Å². The molecule has 0 heterocycles. The van der Waals surface area contributed by atoms with Crippen molar-refractivity contribution in [3.63, 3.8) is 0 Å². The third-order valence-corrected chi connectivity index (χ3v) is 3.30. The second kappa shape index (κ2) is 3.34. The molecule has 0 heteroatoms. The van der Waals surface area contributed by atoms with Crippen LogP contribution in [-0.2, 0) is 6.42 Å². The van der Waals surface area contributed by atoms with Crippen LogP contribution in [0.4, 0.5) is 0 Å². The molecule has 0 aliphatic heterocycles. The Kier molecular flexibility index (Phi) is 1.97. The average Bonchev–Trinajstić information content (AvgIpc) is 2.64. The second-order valence-electron chi connectivity index (χ2n) is 4.46. The topological polar surface area (TPSA) is 0 Å². The van der Waals surface area contributed by atoms with Crippen LogP contribution < -0.4 is 0 Å². The fourth-order valence-corrected chi connectivity index (χ4v) is 2.49. The van der Waals surface area contributed by atoms with Crippen LogP contribution in [0.5, 0.6) is 0 Å². The Bertz CT molecular complexity index is 577. The van der Waals surface area contributed by atoms with Gasteiger partial charge >= 0.3 is 0 Å². The predicted molar refractivity (Wildman–Crippen MR) is 69.5 cm³/mol. The van der Waals surface area contributed by atoms with Crippen LogP contribution in [0.3, 0.4) is 0 Å². The highest BCUT2D eigenvalue weighted by molar-refractivity contribution is 5.78. The van der Waals surface area contributed by atoms with Gasteiger partial charge in [0.1, 0.15) is 0 Å². The lowest BCUT2D eigenvalue weighted by Gasteiger charge is -2.02. The van der Waals surface area contributed by atoms with Gasteiger partial charge in [-0.15, -0.1) is 0 Å². The molecule has 0 aromatic heterocycles. The van der Waals surface area contributed by atoms with Gasteiger partial charge in [-0.3, -0.25) is 0 Å². The van der Waals surface area contributed by atoms with Gasteiger partial charge in [-0.25, -0.2) is 0 Å². The summed E-state index contributed by atoms with van der Waals surface area (Å²) in [5.41, 5.74) is 8.23. The lowest BCUT2D eigenvalue weighted by molar-refractivity contribution is 1.25. The minimum absolute atomic E-state index is 1.06. The molecule has 0 radical (unpaired) electrons. The predicted octanol–water partition coefficient (Wildman–Crippen LogP) is 4.21. The molecule has 16 heavy (non-hydrogen) atoms. The Balaban J connectivity index is 2.19. The van der Waals surface area contributed by atoms with E-state index in [1.807, 2.05) is 6.08 Å². The van der Waals surface area contributed by atoms with E-state index in [2.05, 4.69) is 49.9 Å². The fraction of sp³-hybridized carbons (Fsp3) is 0.125. The van der Waals surface area contributed by atoms with E-state index in [1.165, 1.54) is 33.4 Å². The lowest BCUT2D eigenvalue weighted by Crippen LogP contribution is -1.81. The molecule has 0 nitrogen and oxygen atoms in total. The molecule has 1 aliphatic rings. The van der Waals surface area contributed by atoms with Crippen LogP contribution in [0, 0.1) is 6.92 Å². The van der Waals surface area contributed by atoms with E-state index in [4.69, 9.17) is 0 Å². The van der Waals surface area contributed by atoms with Gasteiger partial charge in [0, 0.05) is 0 Å². The zero-order valence-electron chi connectivity index (χ0n) is 9.46. The summed E-state index contributed by atoms with van der Waals surface area (Å²) in [4.78, 5) is 0. The van der Waals surface area contributed by atoms with Gasteiger partial charge in [-0.05, 0) is 41.2 Å². The first-order chi connectivity index (χ1) is 7.78. The van der Waals surface area contributed by atoms with Gasteiger partial charge in [0.15, 0.2) is 0 Å². The van der Waals surface area contributed by atoms with Crippen molar-refractivity contribution in [2.75, 3.05) is 0 Å². The fourth-order valence-electron chi connectivity index (χ4n) is 2.49. The Hall–Kier alpha value is -1.82. The van der Waals surface area contributed by atoms with E-state index in [0.29, 0.717) is 0 Å². The number of hydrogen-bond acceptors (Lipinski definition) is 0. The summed E-state index contributed by atoms with van der Waals surface area (Å²) in [5, 5.41) is 0. The Labute approximate surface area is 96.3 Å². The molecular formula is C16H14. The van der Waals surface area contributed by atoms with Crippen molar-refractivity contribution in [1.82, 2.24) is 0 Å². The monoisotopic (exact) mass is 206 g/mol. The Morgan fingerprint density at radius 2 is 1.69 bits per heavy atom. The Morgan fingerprint density at radius 3 is 2.44 bits per heavy atom. The molecule has 2 aromatic rings. The maximum atomic E-state index is 3.82. The van der Waals surface area contributed by atoms with Gasteiger partial charge in [0.05, 0.1) is 0 Å². The SMILES string of the molecule is C=Cc1ccc2c(c1)Cc1cc(C)ccc1-2. The highest BCUT2D eigenvalue weighted by atomic mass is 14.2. The highest BCUT2D eigenvalue weighted by Crippen LogP contribution is 2.37. The molecule has 0 saturated carbocycles. The summed E-state index contributed by atoms with van der Waals surface area (Å²) in [7, 11) is 0. The molecular weight excluding hydrogens is 192 g/mol. The van der Waals surface area contributed by atoms with Crippen molar-refractivity contribution in [2.45, 2.75) is 13.3 Å². The largest absolute Gasteiger partial charge is 0.0985 e. The van der Waals surface area contributed by atoms with E-state index >= 15 is 0 Å². The number of aryl methyl sites for hydroxylation is 1. The third kappa shape index (κ3) is 1.30. The van der Waals surface area contributed by atoms with Crippen molar-refractivity contribution in [3.8, 4) is 11.1 Å². The first kappa shape index (κ1) is 9.41. The maximum Gasteiger partial charge on any atom is -0.00131 e. The molecule has 0 fully saturated rings. The van der Waals surface area contributed by atoms with E-state index in [9.17, 15) is 0 Å². The van der Waals surface area contributed by atoms with Crippen LogP contribution in [-0.4, -0.2) is 0 Å². The van der Waals surface area contributed by atoms with Crippen molar-refractivity contribution in [1.29, 1.82) is 0 Å². The Morgan fingerprint density at radius 1 is 1.00 bits per heavy atom. The molecule has 0 spiro atoms. The van der Waals surface area contributed by atoms with Gasteiger partial charge in [0.25, 0.3) is 0 Å². The number of benzene rings is 2. The van der Waals surface area contributed by atoms with Crippen LogP contribution in [0.15, 0.2) is 43.0 Å². The number of fused-ring (bicyclic) bond motifs is 3. The highest BCUT2D eigenvalue weighted by Gasteiger charge is 2.17. The molecule has 2 aromatic carbocycles. The van der Waals surface area contributed by atoms with Crippen molar-refractivity contribution < 1.29 is 0 Å². The van der Waals surface area contributed by atoms with E-state index < -0.39 is 0 Å². The average molecular weight is 206 g/mol. The molecule has 0 unspecified atom stereocenters. The summed E-state index contributed by atoms with van der Waals surface area (Å²) >= 11 is 0. The van der Waals surface area contributed by atoms with Crippen molar-refractivity contribution in [3.05, 3.63) is 65.2 Å².